The van der Waals surface area contributed by atoms with E-state index in [1.165, 1.54) is 12.1 Å². The van der Waals surface area contributed by atoms with Gasteiger partial charge in [0.1, 0.15) is 18.1 Å². The van der Waals surface area contributed by atoms with Crippen molar-refractivity contribution in [3.05, 3.63) is 59.8 Å². The van der Waals surface area contributed by atoms with Gasteiger partial charge >= 0.3 is 0 Å². The van der Waals surface area contributed by atoms with Crippen molar-refractivity contribution in [2.75, 3.05) is 12.3 Å². The summed E-state index contributed by atoms with van der Waals surface area (Å²) in [6.45, 7) is 4.17. The highest BCUT2D eigenvalue weighted by Crippen LogP contribution is 2.30. The number of carbonyl (C=O) groups excluding carboxylic acids is 1. The molecule has 0 radical (unpaired) electrons. The normalized spacial score (nSPS) is 11.9. The molecule has 0 aliphatic rings. The average molecular weight is 365 g/mol. The Hall–Kier alpha value is -3.28. The Balaban J connectivity index is 1.73. The molecular weight excluding hydrogens is 342 g/mol. The number of hydrogen-bond donors (Lipinski definition) is 3. The van der Waals surface area contributed by atoms with Crippen molar-refractivity contribution < 1.29 is 14.6 Å². The van der Waals surface area contributed by atoms with E-state index in [0.717, 1.165) is 16.6 Å². The van der Waals surface area contributed by atoms with Crippen LogP contribution in [0.3, 0.4) is 0 Å². The molecule has 2 aromatic carbocycles. The Morgan fingerprint density at radius 1 is 1.26 bits per heavy atom. The van der Waals surface area contributed by atoms with E-state index in [1.807, 2.05) is 38.1 Å². The monoisotopic (exact) mass is 365 g/mol. The first-order valence-electron chi connectivity index (χ1n) is 8.86. The number of amides is 1. The molecule has 27 heavy (non-hydrogen) atoms. The summed E-state index contributed by atoms with van der Waals surface area (Å²) in [5.74, 6) is 0.444. The van der Waals surface area contributed by atoms with Gasteiger partial charge < -0.3 is 20.9 Å². The smallest absolute Gasteiger partial charge is 0.251 e. The molecule has 0 aliphatic carbocycles. The van der Waals surface area contributed by atoms with Crippen molar-refractivity contribution in [2.45, 2.75) is 26.3 Å². The zero-order chi connectivity index (χ0) is 19.4. The third-order valence-corrected chi connectivity index (χ3v) is 4.33. The molecule has 1 heterocycles. The van der Waals surface area contributed by atoms with Crippen molar-refractivity contribution in [3.8, 4) is 11.5 Å². The van der Waals surface area contributed by atoms with Gasteiger partial charge in [-0.25, -0.2) is 0 Å². The van der Waals surface area contributed by atoms with Crippen molar-refractivity contribution in [1.29, 1.82) is 0 Å². The van der Waals surface area contributed by atoms with Crippen LogP contribution in [0.15, 0.2) is 48.5 Å². The molecule has 0 spiro atoms. The van der Waals surface area contributed by atoms with Gasteiger partial charge in [0.05, 0.1) is 16.9 Å². The van der Waals surface area contributed by atoms with Gasteiger partial charge in [0, 0.05) is 16.9 Å². The van der Waals surface area contributed by atoms with Crippen molar-refractivity contribution in [3.63, 3.8) is 0 Å². The summed E-state index contributed by atoms with van der Waals surface area (Å²) in [7, 11) is 0. The number of aromatic hydroxyl groups is 1. The summed E-state index contributed by atoms with van der Waals surface area (Å²) in [6.07, 6.45) is 0.697. The summed E-state index contributed by atoms with van der Waals surface area (Å²) in [5, 5.41) is 13.2. The molecule has 0 fully saturated rings. The van der Waals surface area contributed by atoms with Gasteiger partial charge in [-0.05, 0) is 49.7 Å². The highest BCUT2D eigenvalue weighted by Gasteiger charge is 2.15. The van der Waals surface area contributed by atoms with Gasteiger partial charge in [-0.15, -0.1) is 0 Å². The molecule has 0 bridgehead atoms. The minimum absolute atomic E-state index is 0.0565. The molecule has 1 aromatic heterocycles. The second-order valence-electron chi connectivity index (χ2n) is 6.44. The van der Waals surface area contributed by atoms with Crippen LogP contribution >= 0.6 is 0 Å². The van der Waals surface area contributed by atoms with Crippen molar-refractivity contribution >= 4 is 22.5 Å². The third kappa shape index (κ3) is 4.28. The highest BCUT2D eigenvalue weighted by atomic mass is 16.5. The zero-order valence-corrected chi connectivity index (χ0v) is 15.4. The summed E-state index contributed by atoms with van der Waals surface area (Å²) < 4.78 is 5.97. The third-order valence-electron chi connectivity index (χ3n) is 4.33. The van der Waals surface area contributed by atoms with Crippen LogP contribution in [0.25, 0.3) is 10.9 Å². The van der Waals surface area contributed by atoms with Crippen molar-refractivity contribution in [1.82, 2.24) is 10.3 Å². The number of anilines is 1. The Morgan fingerprint density at radius 2 is 2.04 bits per heavy atom. The lowest BCUT2D eigenvalue weighted by Gasteiger charge is -2.19. The molecule has 6 nitrogen and oxygen atoms in total. The molecule has 6 heteroatoms. The molecule has 0 aliphatic heterocycles. The molecule has 0 unspecified atom stereocenters. The molecule has 140 valence electrons. The maximum atomic E-state index is 12.4. The number of carbonyl (C=O) groups is 1. The van der Waals surface area contributed by atoms with E-state index in [2.05, 4.69) is 10.3 Å². The summed E-state index contributed by atoms with van der Waals surface area (Å²) in [6, 6.07) is 13.5. The van der Waals surface area contributed by atoms with Crippen LogP contribution < -0.4 is 15.8 Å². The van der Waals surface area contributed by atoms with Crippen LogP contribution in [0.5, 0.6) is 11.5 Å². The predicted octanol–water partition coefficient (Wildman–Crippen LogP) is 3.42. The number of hydrogen-bond acceptors (Lipinski definition) is 5. The minimum atomic E-state index is -0.254. The fraction of sp³-hybridized carbons (Fsp3) is 0.238. The summed E-state index contributed by atoms with van der Waals surface area (Å²) in [4.78, 5) is 16.9. The van der Waals surface area contributed by atoms with E-state index < -0.39 is 0 Å². The molecule has 1 amide bonds. The van der Waals surface area contributed by atoms with E-state index in [9.17, 15) is 9.90 Å². The Kier molecular flexibility index (Phi) is 5.45. The number of aryl methyl sites for hydroxylation is 1. The van der Waals surface area contributed by atoms with Gasteiger partial charge in [-0.1, -0.05) is 19.1 Å². The van der Waals surface area contributed by atoms with E-state index in [0.29, 0.717) is 30.0 Å². The van der Waals surface area contributed by atoms with Gasteiger partial charge in [0.25, 0.3) is 5.91 Å². The minimum Gasteiger partial charge on any atom is -0.508 e. The number of aromatic nitrogens is 1. The first-order valence-corrected chi connectivity index (χ1v) is 8.86. The maximum Gasteiger partial charge on any atom is 0.251 e. The number of ether oxygens (including phenoxy) is 1. The number of phenolic OH excluding ortho intramolecular Hbond substituents is 1. The van der Waals surface area contributed by atoms with Crippen LogP contribution in [-0.4, -0.2) is 28.6 Å². The standard InChI is InChI=1S/C21H23N3O3/c1-3-15(24-21(26)14-6-4-7-16(25)11-14)12-27-19-9-5-8-18-20(19)17(22)10-13(2)23-18/h4-11,15,25H,3,12H2,1-2H3,(H2,22,23)(H,24,26)/t15-/m0/s1. The van der Waals surface area contributed by atoms with E-state index in [4.69, 9.17) is 10.5 Å². The van der Waals surface area contributed by atoms with E-state index in [1.54, 1.807) is 12.1 Å². The predicted molar refractivity (Wildman–Crippen MR) is 106 cm³/mol. The van der Waals surface area contributed by atoms with Crippen molar-refractivity contribution in [2.24, 2.45) is 0 Å². The number of fused-ring (bicyclic) bond motifs is 1. The Labute approximate surface area is 158 Å². The fourth-order valence-corrected chi connectivity index (χ4v) is 2.91. The topological polar surface area (TPSA) is 97.5 Å². The van der Waals surface area contributed by atoms with Gasteiger partial charge in [0.15, 0.2) is 0 Å². The zero-order valence-electron chi connectivity index (χ0n) is 15.4. The van der Waals surface area contributed by atoms with Crippen LogP contribution in [0.1, 0.15) is 29.4 Å². The van der Waals surface area contributed by atoms with Gasteiger partial charge in [0.2, 0.25) is 0 Å². The lowest BCUT2D eigenvalue weighted by atomic mass is 10.1. The summed E-state index contributed by atoms with van der Waals surface area (Å²) >= 11 is 0. The van der Waals surface area contributed by atoms with Gasteiger partial charge in [-0.2, -0.15) is 0 Å². The largest absolute Gasteiger partial charge is 0.508 e. The summed E-state index contributed by atoms with van der Waals surface area (Å²) in [5.41, 5.74) is 8.80. The van der Waals surface area contributed by atoms with Gasteiger partial charge in [-0.3, -0.25) is 9.78 Å². The maximum absolute atomic E-state index is 12.4. The molecule has 0 saturated carbocycles. The molecule has 3 aromatic rings. The molecular formula is C21H23N3O3. The van der Waals surface area contributed by atoms with Crippen LogP contribution in [0.4, 0.5) is 5.69 Å². The quantitative estimate of drug-likeness (QED) is 0.622. The van der Waals surface area contributed by atoms with E-state index >= 15 is 0 Å². The SMILES string of the molecule is CC[C@@H](COc1cccc2nc(C)cc(N)c12)NC(=O)c1cccc(O)c1. The molecule has 0 saturated heterocycles. The number of nitrogen functional groups attached to an aromatic ring is 1. The first-order chi connectivity index (χ1) is 13.0. The van der Waals surface area contributed by atoms with Crippen LogP contribution in [0, 0.1) is 6.92 Å². The number of nitrogens with zero attached hydrogens (tertiary/aromatic N) is 1. The second kappa shape index (κ2) is 7.95. The second-order valence-corrected chi connectivity index (χ2v) is 6.44. The van der Waals surface area contributed by atoms with Crippen LogP contribution in [-0.2, 0) is 0 Å². The fourth-order valence-electron chi connectivity index (χ4n) is 2.91. The average Bonchev–Trinajstić information content (AvgIpc) is 2.64. The van der Waals surface area contributed by atoms with E-state index in [-0.39, 0.29) is 17.7 Å². The van der Waals surface area contributed by atoms with Crippen LogP contribution in [0.2, 0.25) is 0 Å². The highest BCUT2D eigenvalue weighted by molar-refractivity contribution is 5.96. The lowest BCUT2D eigenvalue weighted by Crippen LogP contribution is -2.38. The number of phenols is 1. The number of nitrogens with one attached hydrogen (secondary N) is 1. The first kappa shape index (κ1) is 18.5. The lowest BCUT2D eigenvalue weighted by molar-refractivity contribution is 0.0920. The number of pyridine rings is 1. The number of rotatable bonds is 6. The Bertz CT molecular complexity index is 972. The number of nitrogens with two attached hydrogens (primary N) is 1. The molecule has 1 atom stereocenters. The number of benzene rings is 2. The molecule has 3 rings (SSSR count). The Morgan fingerprint density at radius 3 is 2.78 bits per heavy atom. The molecule has 4 N–H and O–H groups in total.